The maximum atomic E-state index is 12.7. The number of aromatic nitrogens is 2. The van der Waals surface area contributed by atoms with Gasteiger partial charge in [-0.05, 0) is 38.1 Å². The van der Waals surface area contributed by atoms with E-state index in [1.165, 1.54) is 11.3 Å². The predicted octanol–water partition coefficient (Wildman–Crippen LogP) is 4.52. The van der Waals surface area contributed by atoms with E-state index in [1.807, 2.05) is 67.1 Å². The molecule has 2 aromatic carbocycles. The van der Waals surface area contributed by atoms with E-state index >= 15 is 0 Å². The van der Waals surface area contributed by atoms with Crippen molar-refractivity contribution in [3.63, 3.8) is 0 Å². The summed E-state index contributed by atoms with van der Waals surface area (Å²) in [5, 5.41) is 6.34. The lowest BCUT2D eigenvalue weighted by atomic mass is 10.1. The third kappa shape index (κ3) is 3.27. The van der Waals surface area contributed by atoms with Crippen LogP contribution in [0, 0.1) is 13.8 Å². The molecule has 0 saturated carbocycles. The molecule has 0 aliphatic heterocycles. The molecule has 5 rings (SSSR count). The summed E-state index contributed by atoms with van der Waals surface area (Å²) in [5.41, 5.74) is 8.03. The summed E-state index contributed by atoms with van der Waals surface area (Å²) >= 11 is 1.32. The SMILES string of the molecule is Cc1c(C(=O)NNC(=O)c2cc3c(C)nn(-c4ccccc4)c3s2)oc2ccccc12. The van der Waals surface area contributed by atoms with E-state index in [0.717, 1.165) is 32.5 Å². The van der Waals surface area contributed by atoms with E-state index in [0.29, 0.717) is 10.5 Å². The van der Waals surface area contributed by atoms with E-state index in [2.05, 4.69) is 16.0 Å². The van der Waals surface area contributed by atoms with Gasteiger partial charge < -0.3 is 4.42 Å². The summed E-state index contributed by atoms with van der Waals surface area (Å²) in [6.07, 6.45) is 0. The number of para-hydroxylation sites is 2. The molecule has 0 unspecified atom stereocenters. The molecular weight excluding hydrogens is 412 g/mol. The van der Waals surface area contributed by atoms with Crippen LogP contribution in [-0.2, 0) is 0 Å². The van der Waals surface area contributed by atoms with Crippen molar-refractivity contribution >= 4 is 44.3 Å². The minimum atomic E-state index is -0.505. The van der Waals surface area contributed by atoms with Gasteiger partial charge in [0.25, 0.3) is 5.91 Å². The van der Waals surface area contributed by atoms with Crippen molar-refractivity contribution in [1.82, 2.24) is 20.6 Å². The highest BCUT2D eigenvalue weighted by atomic mass is 32.1. The molecule has 0 atom stereocenters. The molecule has 0 fully saturated rings. The summed E-state index contributed by atoms with van der Waals surface area (Å²) in [4.78, 5) is 26.6. The van der Waals surface area contributed by atoms with Gasteiger partial charge in [0.05, 0.1) is 16.3 Å². The van der Waals surface area contributed by atoms with Gasteiger partial charge in [0.1, 0.15) is 10.4 Å². The van der Waals surface area contributed by atoms with Crippen molar-refractivity contribution < 1.29 is 14.0 Å². The van der Waals surface area contributed by atoms with Gasteiger partial charge in [-0.3, -0.25) is 20.4 Å². The normalized spacial score (nSPS) is 11.2. The van der Waals surface area contributed by atoms with Crippen LogP contribution in [0.2, 0.25) is 0 Å². The molecule has 3 heterocycles. The van der Waals surface area contributed by atoms with Gasteiger partial charge in [0, 0.05) is 16.3 Å². The molecular formula is C23H18N4O3S. The Kier molecular flexibility index (Phi) is 4.56. The Balaban J connectivity index is 1.37. The van der Waals surface area contributed by atoms with Crippen molar-refractivity contribution in [2.75, 3.05) is 0 Å². The first-order valence-electron chi connectivity index (χ1n) is 9.66. The summed E-state index contributed by atoms with van der Waals surface area (Å²) in [5.74, 6) is -0.731. The topological polar surface area (TPSA) is 89.2 Å². The number of rotatable bonds is 3. The quantitative estimate of drug-likeness (QED) is 0.412. The molecule has 5 aromatic rings. The van der Waals surface area contributed by atoms with Crippen molar-refractivity contribution in [3.05, 3.63) is 82.6 Å². The molecule has 0 radical (unpaired) electrons. The van der Waals surface area contributed by atoms with Crippen LogP contribution in [0.15, 0.2) is 65.1 Å². The smallest absolute Gasteiger partial charge is 0.305 e. The number of hydrogen-bond acceptors (Lipinski definition) is 5. The second-order valence-corrected chi connectivity index (χ2v) is 8.15. The number of carbonyl (C=O) groups is 2. The number of benzene rings is 2. The summed E-state index contributed by atoms with van der Waals surface area (Å²) in [7, 11) is 0. The molecule has 0 bridgehead atoms. The molecule has 3 aromatic heterocycles. The third-order valence-corrected chi connectivity index (χ3v) is 6.22. The number of nitrogens with zero attached hydrogens (tertiary/aromatic N) is 2. The van der Waals surface area contributed by atoms with Crippen LogP contribution in [0.5, 0.6) is 0 Å². The van der Waals surface area contributed by atoms with Gasteiger partial charge in [-0.1, -0.05) is 36.4 Å². The van der Waals surface area contributed by atoms with E-state index in [1.54, 1.807) is 12.1 Å². The zero-order chi connectivity index (χ0) is 21.5. The number of aryl methyl sites for hydroxylation is 2. The predicted molar refractivity (Wildman–Crippen MR) is 120 cm³/mol. The zero-order valence-electron chi connectivity index (χ0n) is 16.8. The van der Waals surface area contributed by atoms with Gasteiger partial charge in [-0.15, -0.1) is 11.3 Å². The highest BCUT2D eigenvalue weighted by molar-refractivity contribution is 7.20. The second kappa shape index (κ2) is 7.41. The Hall–Kier alpha value is -3.91. The lowest BCUT2D eigenvalue weighted by Crippen LogP contribution is -2.41. The van der Waals surface area contributed by atoms with Gasteiger partial charge in [-0.2, -0.15) is 5.10 Å². The molecule has 0 aliphatic carbocycles. The first-order chi connectivity index (χ1) is 15.0. The van der Waals surface area contributed by atoms with Crippen LogP contribution in [0.1, 0.15) is 31.5 Å². The largest absolute Gasteiger partial charge is 0.451 e. The molecule has 7 nitrogen and oxygen atoms in total. The van der Waals surface area contributed by atoms with Gasteiger partial charge in [0.2, 0.25) is 0 Å². The number of fused-ring (bicyclic) bond motifs is 2. The van der Waals surface area contributed by atoms with Crippen molar-refractivity contribution in [2.45, 2.75) is 13.8 Å². The van der Waals surface area contributed by atoms with Gasteiger partial charge in [-0.25, -0.2) is 4.68 Å². The Bertz CT molecular complexity index is 1450. The van der Waals surface area contributed by atoms with Crippen molar-refractivity contribution in [3.8, 4) is 5.69 Å². The van der Waals surface area contributed by atoms with Crippen molar-refractivity contribution in [2.24, 2.45) is 0 Å². The average molecular weight is 430 g/mol. The fourth-order valence-corrected chi connectivity index (χ4v) is 4.60. The number of hydrazine groups is 1. The minimum absolute atomic E-state index is 0.174. The molecule has 8 heteroatoms. The second-order valence-electron chi connectivity index (χ2n) is 7.12. The molecule has 0 aliphatic rings. The number of furan rings is 1. The van der Waals surface area contributed by atoms with Crippen LogP contribution < -0.4 is 10.9 Å². The lowest BCUT2D eigenvalue weighted by Gasteiger charge is -2.05. The zero-order valence-corrected chi connectivity index (χ0v) is 17.6. The lowest BCUT2D eigenvalue weighted by molar-refractivity contribution is 0.0833. The van der Waals surface area contributed by atoms with Crippen LogP contribution in [0.4, 0.5) is 0 Å². The molecule has 2 N–H and O–H groups in total. The first kappa shape index (κ1) is 19.1. The molecule has 0 spiro atoms. The van der Waals surface area contributed by atoms with Crippen LogP contribution in [-0.4, -0.2) is 21.6 Å². The maximum Gasteiger partial charge on any atom is 0.305 e. The van der Waals surface area contributed by atoms with E-state index in [4.69, 9.17) is 4.42 Å². The maximum absolute atomic E-state index is 12.7. The Morgan fingerprint density at radius 3 is 2.42 bits per heavy atom. The van der Waals surface area contributed by atoms with E-state index < -0.39 is 11.8 Å². The number of thiophene rings is 1. The Morgan fingerprint density at radius 1 is 0.935 bits per heavy atom. The van der Waals surface area contributed by atoms with Gasteiger partial charge in [0.15, 0.2) is 5.76 Å². The molecule has 31 heavy (non-hydrogen) atoms. The molecule has 154 valence electrons. The monoisotopic (exact) mass is 430 g/mol. The number of nitrogens with one attached hydrogen (secondary N) is 2. The Morgan fingerprint density at radius 2 is 1.65 bits per heavy atom. The van der Waals surface area contributed by atoms with E-state index in [-0.39, 0.29) is 5.76 Å². The summed E-state index contributed by atoms with van der Waals surface area (Å²) in [6, 6.07) is 18.9. The first-order valence-corrected chi connectivity index (χ1v) is 10.5. The number of hydrogen-bond donors (Lipinski definition) is 2. The van der Waals surface area contributed by atoms with Crippen molar-refractivity contribution in [1.29, 1.82) is 0 Å². The Labute approximate surface area is 181 Å². The van der Waals surface area contributed by atoms with Crippen LogP contribution in [0.3, 0.4) is 0 Å². The number of carbonyl (C=O) groups excluding carboxylic acids is 2. The third-order valence-electron chi connectivity index (χ3n) is 5.11. The average Bonchev–Trinajstić information content (AvgIpc) is 3.46. The standard InChI is InChI=1S/C23H18N4O3S/c1-13-16-10-6-7-11-18(16)30-20(13)22(29)25-24-21(28)19-12-17-14(2)26-27(23(17)31-19)15-8-4-3-5-9-15/h3-12H,1-2H3,(H,24,28)(H,25,29). The highest BCUT2D eigenvalue weighted by Crippen LogP contribution is 2.30. The van der Waals surface area contributed by atoms with Crippen LogP contribution >= 0.6 is 11.3 Å². The summed E-state index contributed by atoms with van der Waals surface area (Å²) < 4.78 is 7.46. The minimum Gasteiger partial charge on any atom is -0.451 e. The van der Waals surface area contributed by atoms with Crippen LogP contribution in [0.25, 0.3) is 26.9 Å². The fourth-order valence-electron chi connectivity index (χ4n) is 3.53. The highest BCUT2D eigenvalue weighted by Gasteiger charge is 2.20. The van der Waals surface area contributed by atoms with Gasteiger partial charge >= 0.3 is 5.91 Å². The summed E-state index contributed by atoms with van der Waals surface area (Å²) in [6.45, 7) is 3.72. The number of amides is 2. The molecule has 2 amide bonds. The fraction of sp³-hybridized carbons (Fsp3) is 0.0870. The molecule has 0 saturated heterocycles. The van der Waals surface area contributed by atoms with E-state index in [9.17, 15) is 9.59 Å².